The second kappa shape index (κ2) is 11.2. The normalized spacial score (nSPS) is 10.9. The molecule has 0 atom stereocenters. The molecule has 0 aliphatic rings. The molecule has 0 spiro atoms. The Balaban J connectivity index is 1.77. The van der Waals surface area contributed by atoms with Gasteiger partial charge < -0.3 is 15.4 Å². The van der Waals surface area contributed by atoms with Gasteiger partial charge in [-0.3, -0.25) is 9.59 Å². The molecule has 0 unspecified atom stereocenters. The fourth-order valence-corrected chi connectivity index (χ4v) is 3.39. The number of nitrogens with one attached hydrogen (secondary N) is 2. The van der Waals surface area contributed by atoms with Gasteiger partial charge in [0.05, 0.1) is 0 Å². The van der Waals surface area contributed by atoms with Gasteiger partial charge in [-0.25, -0.2) is 0 Å². The second-order valence-corrected chi connectivity index (χ2v) is 8.20. The zero-order valence-electron chi connectivity index (χ0n) is 19.1. The summed E-state index contributed by atoms with van der Waals surface area (Å²) in [5.74, 6) is -0.584. The van der Waals surface area contributed by atoms with Gasteiger partial charge in [-0.1, -0.05) is 35.9 Å². The fourth-order valence-electron chi connectivity index (χ4n) is 3.21. The summed E-state index contributed by atoms with van der Waals surface area (Å²) in [5, 5.41) is 15.5. The minimum atomic E-state index is -0.556. The van der Waals surface area contributed by atoms with E-state index in [1.165, 1.54) is 6.08 Å². The highest BCUT2D eigenvalue weighted by Gasteiger charge is 2.14. The van der Waals surface area contributed by atoms with E-state index in [-0.39, 0.29) is 18.1 Å². The van der Waals surface area contributed by atoms with Crippen LogP contribution in [0.1, 0.15) is 22.3 Å². The smallest absolute Gasteiger partial charge is 0.266 e. The van der Waals surface area contributed by atoms with E-state index in [1.807, 2.05) is 57.2 Å². The molecule has 0 aliphatic heterocycles. The molecule has 3 aromatic rings. The van der Waals surface area contributed by atoms with E-state index in [2.05, 4.69) is 10.6 Å². The number of nitriles is 1. The number of ether oxygens (including phenoxy) is 1. The summed E-state index contributed by atoms with van der Waals surface area (Å²) >= 11 is 6.13. The number of carbonyl (C=O) groups excluding carboxylic acids is 2. The third-order valence-electron chi connectivity index (χ3n) is 5.15. The van der Waals surface area contributed by atoms with Crippen molar-refractivity contribution in [1.29, 1.82) is 5.26 Å². The monoisotopic (exact) mass is 473 g/mol. The third kappa shape index (κ3) is 6.47. The number of anilines is 2. The summed E-state index contributed by atoms with van der Waals surface area (Å²) in [7, 11) is 0. The number of carbonyl (C=O) groups is 2. The predicted octanol–water partition coefficient (Wildman–Crippen LogP) is 5.83. The first kappa shape index (κ1) is 24.6. The van der Waals surface area contributed by atoms with Gasteiger partial charge in [-0.15, -0.1) is 0 Å². The highest BCUT2D eigenvalue weighted by atomic mass is 35.5. The van der Waals surface area contributed by atoms with Crippen molar-refractivity contribution in [2.45, 2.75) is 20.8 Å². The average Bonchev–Trinajstić information content (AvgIpc) is 2.79. The zero-order chi connectivity index (χ0) is 24.7. The number of amides is 2. The van der Waals surface area contributed by atoms with Gasteiger partial charge in [0.25, 0.3) is 11.8 Å². The van der Waals surface area contributed by atoms with Gasteiger partial charge in [-0.05, 0) is 79.9 Å². The van der Waals surface area contributed by atoms with Crippen LogP contribution in [0.3, 0.4) is 0 Å². The van der Waals surface area contributed by atoms with Crippen LogP contribution in [0, 0.1) is 32.1 Å². The second-order valence-electron chi connectivity index (χ2n) is 7.76. The molecule has 0 radical (unpaired) electrons. The minimum Gasteiger partial charge on any atom is -0.483 e. The Morgan fingerprint density at radius 3 is 2.53 bits per heavy atom. The van der Waals surface area contributed by atoms with Crippen LogP contribution >= 0.6 is 11.6 Å². The molecule has 0 saturated carbocycles. The van der Waals surface area contributed by atoms with Gasteiger partial charge in [0.15, 0.2) is 6.61 Å². The molecule has 0 saturated heterocycles. The standard InChI is InChI=1S/C27H24ClN3O3/c1-17-6-4-8-23(12-17)30-26(32)16-34-25-11-10-22(28)14-20(25)13-21(15-29)27(33)31-24-9-5-7-18(2)19(24)3/h4-14H,16H2,1-3H3,(H,30,32)(H,31,33)/b21-13+. The molecule has 3 rings (SSSR count). The summed E-state index contributed by atoms with van der Waals surface area (Å²) in [6.07, 6.45) is 1.39. The molecule has 0 bridgehead atoms. The van der Waals surface area contributed by atoms with Crippen molar-refractivity contribution in [1.82, 2.24) is 0 Å². The topological polar surface area (TPSA) is 91.2 Å². The van der Waals surface area contributed by atoms with Gasteiger partial charge in [-0.2, -0.15) is 5.26 Å². The average molecular weight is 474 g/mol. The van der Waals surface area contributed by atoms with E-state index in [9.17, 15) is 14.9 Å². The van der Waals surface area contributed by atoms with Crippen molar-refractivity contribution in [2.24, 2.45) is 0 Å². The SMILES string of the molecule is Cc1cccc(NC(=O)COc2ccc(Cl)cc2/C=C(\C#N)C(=O)Nc2cccc(C)c2C)c1. The lowest BCUT2D eigenvalue weighted by atomic mass is 10.1. The molecule has 0 fully saturated rings. The van der Waals surface area contributed by atoms with E-state index in [0.29, 0.717) is 27.7 Å². The molecule has 2 N–H and O–H groups in total. The maximum absolute atomic E-state index is 12.8. The first-order valence-corrected chi connectivity index (χ1v) is 10.9. The molecule has 34 heavy (non-hydrogen) atoms. The Bertz CT molecular complexity index is 1310. The third-order valence-corrected chi connectivity index (χ3v) is 5.39. The highest BCUT2D eigenvalue weighted by molar-refractivity contribution is 6.30. The first-order valence-electron chi connectivity index (χ1n) is 10.5. The summed E-state index contributed by atoms with van der Waals surface area (Å²) in [4.78, 5) is 25.1. The Kier molecular flexibility index (Phi) is 8.07. The van der Waals surface area contributed by atoms with Crippen LogP contribution in [-0.4, -0.2) is 18.4 Å². The highest BCUT2D eigenvalue weighted by Crippen LogP contribution is 2.26. The number of benzene rings is 3. The molecular formula is C27H24ClN3O3. The van der Waals surface area contributed by atoms with Crippen molar-refractivity contribution in [3.8, 4) is 11.8 Å². The van der Waals surface area contributed by atoms with Crippen LogP contribution in [0.15, 0.2) is 66.2 Å². The Labute approximate surface area is 203 Å². The number of hydrogen-bond acceptors (Lipinski definition) is 4. The summed E-state index contributed by atoms with van der Waals surface area (Å²) in [5.41, 5.74) is 4.53. The molecule has 172 valence electrons. The summed E-state index contributed by atoms with van der Waals surface area (Å²) < 4.78 is 5.68. The number of aryl methyl sites for hydroxylation is 2. The minimum absolute atomic E-state index is 0.128. The Hall–Kier alpha value is -4.08. The lowest BCUT2D eigenvalue weighted by molar-refractivity contribution is -0.118. The Morgan fingerprint density at radius 2 is 1.79 bits per heavy atom. The fraction of sp³-hybridized carbons (Fsp3) is 0.148. The van der Waals surface area contributed by atoms with Gasteiger partial charge in [0.2, 0.25) is 0 Å². The van der Waals surface area contributed by atoms with Gasteiger partial charge in [0.1, 0.15) is 17.4 Å². The van der Waals surface area contributed by atoms with E-state index < -0.39 is 5.91 Å². The Morgan fingerprint density at radius 1 is 1.03 bits per heavy atom. The lowest BCUT2D eigenvalue weighted by Gasteiger charge is -2.12. The molecule has 2 amide bonds. The predicted molar refractivity (Wildman–Crippen MR) is 135 cm³/mol. The van der Waals surface area contributed by atoms with Crippen LogP contribution in [0.5, 0.6) is 5.75 Å². The largest absolute Gasteiger partial charge is 0.483 e. The number of halogens is 1. The van der Waals surface area contributed by atoms with Crippen LogP contribution in [0.25, 0.3) is 6.08 Å². The van der Waals surface area contributed by atoms with Crippen LogP contribution in [-0.2, 0) is 9.59 Å². The van der Waals surface area contributed by atoms with Gasteiger partial charge >= 0.3 is 0 Å². The van der Waals surface area contributed by atoms with Crippen LogP contribution in [0.4, 0.5) is 11.4 Å². The maximum atomic E-state index is 12.8. The maximum Gasteiger partial charge on any atom is 0.266 e. The van der Waals surface area contributed by atoms with Crippen molar-refractivity contribution >= 4 is 40.9 Å². The van der Waals surface area contributed by atoms with Crippen molar-refractivity contribution in [3.63, 3.8) is 0 Å². The molecular weight excluding hydrogens is 450 g/mol. The van der Waals surface area contributed by atoms with Crippen LogP contribution < -0.4 is 15.4 Å². The number of nitrogens with zero attached hydrogens (tertiary/aromatic N) is 1. The lowest BCUT2D eigenvalue weighted by Crippen LogP contribution is -2.20. The van der Waals surface area contributed by atoms with Crippen LogP contribution in [0.2, 0.25) is 5.02 Å². The molecule has 0 heterocycles. The summed E-state index contributed by atoms with van der Waals surface area (Å²) in [6.45, 7) is 5.51. The summed E-state index contributed by atoms with van der Waals surface area (Å²) in [6, 6.07) is 19.7. The van der Waals surface area contributed by atoms with Crippen molar-refractivity contribution < 1.29 is 14.3 Å². The van der Waals surface area contributed by atoms with Crippen molar-refractivity contribution in [2.75, 3.05) is 17.2 Å². The van der Waals surface area contributed by atoms with E-state index >= 15 is 0 Å². The molecule has 3 aromatic carbocycles. The zero-order valence-corrected chi connectivity index (χ0v) is 19.9. The molecule has 7 heteroatoms. The van der Waals surface area contributed by atoms with Crippen molar-refractivity contribution in [3.05, 3.63) is 93.5 Å². The molecule has 0 aromatic heterocycles. The number of hydrogen-bond donors (Lipinski definition) is 2. The van der Waals surface area contributed by atoms with E-state index in [1.54, 1.807) is 30.3 Å². The first-order chi connectivity index (χ1) is 16.3. The quantitative estimate of drug-likeness (QED) is 0.333. The number of rotatable bonds is 7. The van der Waals surface area contributed by atoms with E-state index in [0.717, 1.165) is 16.7 Å². The molecule has 6 nitrogen and oxygen atoms in total. The van der Waals surface area contributed by atoms with E-state index in [4.69, 9.17) is 16.3 Å². The molecule has 0 aliphatic carbocycles. The van der Waals surface area contributed by atoms with Gasteiger partial charge in [0, 0.05) is 22.0 Å².